The average molecular weight is 614 g/mol. The summed E-state index contributed by atoms with van der Waals surface area (Å²) < 4.78 is 11.9. The number of nitrogens with one attached hydrogen (secondary N) is 2. The maximum absolute atomic E-state index is 12.3. The lowest BCUT2D eigenvalue weighted by atomic mass is 10.1. The molecule has 0 saturated heterocycles. The van der Waals surface area contributed by atoms with Crippen molar-refractivity contribution in [3.8, 4) is 11.5 Å². The fraction of sp³-hybridized carbons (Fsp3) is 0.615. The lowest BCUT2D eigenvalue weighted by molar-refractivity contribution is -0.123. The van der Waals surface area contributed by atoms with Gasteiger partial charge in [-0.25, -0.2) is 0 Å². The van der Waals surface area contributed by atoms with Gasteiger partial charge in [0.15, 0.2) is 23.4 Å². The highest BCUT2D eigenvalue weighted by atomic mass is 32.1. The van der Waals surface area contributed by atoms with E-state index in [1.807, 2.05) is 12.1 Å². The van der Waals surface area contributed by atoms with Crippen LogP contribution in [0.5, 0.6) is 11.5 Å². The van der Waals surface area contributed by atoms with Crippen LogP contribution < -0.4 is 48.8 Å². The summed E-state index contributed by atoms with van der Waals surface area (Å²) in [7, 11) is 0. The van der Waals surface area contributed by atoms with Gasteiger partial charge in [-0.3, -0.25) is 19.6 Å². The standard InChI is InChI=1S/C26H47N9O4S2/c27-20(6-3-5-9-35-26(30)31)24(37)33-11-13-39-22-15-19(17-41)18(16-40)14-21(22)38-12-10-32-23(36)7-2-1-4-8-34-25(28)29/h14-15,20,40-41H,1-13,16-17,27H2,(H,32,36)(H,33,37)(H4,28,29,34)(H4,30,31,35)/t20-/m0/s1. The van der Waals surface area contributed by atoms with Crippen LogP contribution in [0, 0.1) is 0 Å². The molecule has 2 amide bonds. The van der Waals surface area contributed by atoms with E-state index in [0.717, 1.165) is 43.2 Å². The summed E-state index contributed by atoms with van der Waals surface area (Å²) in [5.41, 5.74) is 29.1. The van der Waals surface area contributed by atoms with Crippen LogP contribution in [0.15, 0.2) is 22.1 Å². The van der Waals surface area contributed by atoms with E-state index in [0.29, 0.717) is 55.5 Å². The minimum Gasteiger partial charge on any atom is -0.488 e. The van der Waals surface area contributed by atoms with E-state index < -0.39 is 6.04 Å². The van der Waals surface area contributed by atoms with Gasteiger partial charge in [-0.2, -0.15) is 25.3 Å². The monoisotopic (exact) mass is 613 g/mol. The zero-order valence-electron chi connectivity index (χ0n) is 23.6. The van der Waals surface area contributed by atoms with Crippen LogP contribution in [0.3, 0.4) is 0 Å². The van der Waals surface area contributed by atoms with E-state index >= 15 is 0 Å². The van der Waals surface area contributed by atoms with Crippen LogP contribution >= 0.6 is 25.3 Å². The van der Waals surface area contributed by atoms with Crippen LogP contribution in [-0.4, -0.2) is 69.2 Å². The number of nitrogens with zero attached hydrogens (tertiary/aromatic N) is 2. The Morgan fingerprint density at radius 1 is 0.780 bits per heavy atom. The first-order valence-corrected chi connectivity index (χ1v) is 15.0. The molecule has 0 aliphatic heterocycles. The Hall–Kier alpha value is -3.04. The number of benzene rings is 1. The van der Waals surface area contributed by atoms with Crippen molar-refractivity contribution < 1.29 is 19.1 Å². The maximum Gasteiger partial charge on any atom is 0.237 e. The quantitative estimate of drug-likeness (QED) is 0.0374. The molecule has 0 saturated carbocycles. The Bertz CT molecular complexity index is 988. The molecule has 232 valence electrons. The molecule has 41 heavy (non-hydrogen) atoms. The zero-order chi connectivity index (χ0) is 30.5. The lowest BCUT2D eigenvalue weighted by Crippen LogP contribution is -2.42. The van der Waals surface area contributed by atoms with Gasteiger partial charge in [-0.1, -0.05) is 6.42 Å². The van der Waals surface area contributed by atoms with Gasteiger partial charge in [-0.15, -0.1) is 0 Å². The third-order valence-electron chi connectivity index (χ3n) is 5.86. The Morgan fingerprint density at radius 3 is 1.80 bits per heavy atom. The topological polar surface area (TPSA) is 231 Å². The van der Waals surface area contributed by atoms with Crippen LogP contribution in [-0.2, 0) is 21.1 Å². The molecular formula is C26H47N9O4S2. The molecule has 1 rings (SSSR count). The van der Waals surface area contributed by atoms with Gasteiger partial charge in [0.25, 0.3) is 0 Å². The summed E-state index contributed by atoms with van der Waals surface area (Å²) in [6.07, 6.45) is 4.85. The fourth-order valence-electron chi connectivity index (χ4n) is 3.67. The number of rotatable bonds is 22. The van der Waals surface area contributed by atoms with Crippen molar-refractivity contribution in [2.75, 3.05) is 39.4 Å². The van der Waals surface area contributed by atoms with Crippen LogP contribution in [0.25, 0.3) is 0 Å². The first kappa shape index (κ1) is 36.0. The molecule has 13 nitrogen and oxygen atoms in total. The molecule has 0 aliphatic carbocycles. The van der Waals surface area contributed by atoms with E-state index in [4.69, 9.17) is 38.1 Å². The number of hydrogen-bond donors (Lipinski definition) is 9. The summed E-state index contributed by atoms with van der Waals surface area (Å²) in [5.74, 6) is 1.88. The molecule has 1 aromatic carbocycles. The summed E-state index contributed by atoms with van der Waals surface area (Å²) in [4.78, 5) is 32.2. The number of amides is 2. The highest BCUT2D eigenvalue weighted by Gasteiger charge is 2.14. The molecule has 0 fully saturated rings. The minimum atomic E-state index is -0.626. The van der Waals surface area contributed by atoms with Crippen LogP contribution in [0.2, 0.25) is 0 Å². The lowest BCUT2D eigenvalue weighted by Gasteiger charge is -2.17. The number of carbonyl (C=O) groups is 2. The number of ether oxygens (including phenoxy) is 2. The number of guanidine groups is 2. The number of aliphatic imine (C=N–C) groups is 2. The van der Waals surface area contributed by atoms with E-state index in [1.54, 1.807) is 0 Å². The number of thiol groups is 2. The van der Waals surface area contributed by atoms with Gasteiger partial charge in [0, 0.05) is 31.0 Å². The Morgan fingerprint density at radius 2 is 1.29 bits per heavy atom. The number of nitrogens with two attached hydrogens (primary N) is 5. The molecule has 15 heteroatoms. The van der Waals surface area contributed by atoms with E-state index in [-0.39, 0.29) is 43.5 Å². The van der Waals surface area contributed by atoms with Gasteiger partial charge in [0.05, 0.1) is 19.1 Å². The predicted molar refractivity (Wildman–Crippen MR) is 170 cm³/mol. The highest BCUT2D eigenvalue weighted by molar-refractivity contribution is 7.79. The molecule has 0 aromatic heterocycles. The summed E-state index contributed by atoms with van der Waals surface area (Å²) in [6.45, 7) is 2.15. The van der Waals surface area contributed by atoms with Crippen molar-refractivity contribution in [2.24, 2.45) is 38.7 Å². The molecule has 0 radical (unpaired) electrons. The molecular weight excluding hydrogens is 566 g/mol. The SMILES string of the molecule is NC(N)=NCCCCCC(=O)NCCOc1cc(CS)c(CS)cc1OCCNC(=O)[C@@H](N)CCCCN=C(N)N. The molecule has 1 atom stereocenters. The average Bonchev–Trinajstić information content (AvgIpc) is 2.94. The van der Waals surface area contributed by atoms with Crippen LogP contribution in [0.1, 0.15) is 56.1 Å². The minimum absolute atomic E-state index is 0.0453. The predicted octanol–water partition coefficient (Wildman–Crippen LogP) is 0.141. The Kier molecular flexibility index (Phi) is 19.0. The third-order valence-corrected chi connectivity index (χ3v) is 6.54. The summed E-state index contributed by atoms with van der Waals surface area (Å²) >= 11 is 8.81. The molecule has 0 spiro atoms. The Labute approximate surface area is 253 Å². The van der Waals surface area contributed by atoms with Crippen molar-refractivity contribution >= 4 is 49.0 Å². The number of hydrogen-bond acceptors (Lipinski definition) is 9. The molecule has 0 aliphatic rings. The van der Waals surface area contributed by atoms with Gasteiger partial charge in [0.1, 0.15) is 13.2 Å². The summed E-state index contributed by atoms with van der Waals surface area (Å²) in [6, 6.07) is 3.10. The normalized spacial score (nSPS) is 11.3. The van der Waals surface area contributed by atoms with Gasteiger partial charge in [0.2, 0.25) is 11.8 Å². The molecule has 0 heterocycles. The first-order valence-electron chi connectivity index (χ1n) is 13.7. The van der Waals surface area contributed by atoms with Crippen molar-refractivity contribution in [2.45, 2.75) is 62.5 Å². The number of carbonyl (C=O) groups excluding carboxylic acids is 2. The zero-order valence-corrected chi connectivity index (χ0v) is 25.4. The first-order chi connectivity index (χ1) is 19.7. The van der Waals surface area contributed by atoms with Gasteiger partial charge in [-0.05, 0) is 55.4 Å². The third kappa shape index (κ3) is 16.7. The van der Waals surface area contributed by atoms with Crippen molar-refractivity contribution in [3.63, 3.8) is 0 Å². The number of unbranched alkanes of at least 4 members (excludes halogenated alkanes) is 3. The second-order valence-corrected chi connectivity index (χ2v) is 9.88. The Balaban J connectivity index is 2.48. The van der Waals surface area contributed by atoms with Crippen LogP contribution in [0.4, 0.5) is 0 Å². The molecule has 0 bridgehead atoms. The largest absolute Gasteiger partial charge is 0.488 e. The second kappa shape index (κ2) is 21.7. The fourth-order valence-corrected chi connectivity index (χ4v) is 4.26. The maximum atomic E-state index is 12.3. The van der Waals surface area contributed by atoms with E-state index in [1.165, 1.54) is 0 Å². The molecule has 0 unspecified atom stereocenters. The van der Waals surface area contributed by atoms with Crippen molar-refractivity contribution in [3.05, 3.63) is 23.3 Å². The van der Waals surface area contributed by atoms with Gasteiger partial charge >= 0.3 is 0 Å². The molecule has 1 aromatic rings. The highest BCUT2D eigenvalue weighted by Crippen LogP contribution is 2.32. The molecule has 12 N–H and O–H groups in total. The van der Waals surface area contributed by atoms with E-state index in [9.17, 15) is 9.59 Å². The van der Waals surface area contributed by atoms with Gasteiger partial charge < -0.3 is 48.8 Å². The van der Waals surface area contributed by atoms with Crippen molar-refractivity contribution in [1.82, 2.24) is 10.6 Å². The summed E-state index contributed by atoms with van der Waals surface area (Å²) in [5, 5.41) is 5.65. The van der Waals surface area contributed by atoms with E-state index in [2.05, 4.69) is 45.9 Å². The second-order valence-electron chi connectivity index (χ2n) is 9.25. The smallest absolute Gasteiger partial charge is 0.237 e. The van der Waals surface area contributed by atoms with Crippen molar-refractivity contribution in [1.29, 1.82) is 0 Å².